The van der Waals surface area contributed by atoms with E-state index in [0.29, 0.717) is 49.5 Å². The smallest absolute Gasteiger partial charge is 0.308 e. The van der Waals surface area contributed by atoms with Crippen molar-refractivity contribution >= 4 is 23.6 Å². The summed E-state index contributed by atoms with van der Waals surface area (Å²) in [5.41, 5.74) is 2.14. The molecule has 2 aromatic rings. The Morgan fingerprint density at radius 3 is 2.25 bits per heavy atom. The molecule has 1 heterocycles. The van der Waals surface area contributed by atoms with Crippen LogP contribution in [0.1, 0.15) is 52.5 Å². The van der Waals surface area contributed by atoms with Gasteiger partial charge in [-0.25, -0.2) is 0 Å². The van der Waals surface area contributed by atoms with Crippen molar-refractivity contribution in [1.82, 2.24) is 9.80 Å². The molecule has 7 nitrogen and oxygen atoms in total. The second kappa shape index (κ2) is 10.7. The molecular formula is C25H28N2O5. The number of ether oxygens (including phenoxy) is 1. The van der Waals surface area contributed by atoms with Crippen molar-refractivity contribution in [3.8, 4) is 5.75 Å². The van der Waals surface area contributed by atoms with Crippen LogP contribution in [0.25, 0.3) is 0 Å². The van der Waals surface area contributed by atoms with Gasteiger partial charge in [0.15, 0.2) is 5.78 Å². The van der Waals surface area contributed by atoms with Crippen LogP contribution in [-0.2, 0) is 9.59 Å². The van der Waals surface area contributed by atoms with Crippen LogP contribution in [-0.4, -0.2) is 59.5 Å². The monoisotopic (exact) mass is 436 g/mol. The van der Waals surface area contributed by atoms with Gasteiger partial charge in [-0.05, 0) is 31.5 Å². The fourth-order valence-electron chi connectivity index (χ4n) is 3.67. The van der Waals surface area contributed by atoms with E-state index in [1.165, 1.54) is 6.92 Å². The normalized spacial score (nSPS) is 13.9. The number of Topliss-reactive ketones (excluding diaryl/α,β-unsaturated/α-hetero) is 1. The van der Waals surface area contributed by atoms with Crippen LogP contribution in [0.3, 0.4) is 0 Å². The molecule has 2 amide bonds. The molecule has 1 aliphatic rings. The van der Waals surface area contributed by atoms with Crippen molar-refractivity contribution in [3.63, 3.8) is 0 Å². The lowest BCUT2D eigenvalue weighted by atomic mass is 10.0. The van der Waals surface area contributed by atoms with Crippen molar-refractivity contribution < 1.29 is 23.9 Å². The number of ketones is 1. The molecule has 3 rings (SSSR count). The number of rotatable bonds is 6. The topological polar surface area (TPSA) is 84.0 Å². The van der Waals surface area contributed by atoms with Crippen LogP contribution in [0, 0.1) is 6.92 Å². The standard InChI is InChI=1S/C25H28N2O5/c1-18-7-9-20(10-8-18)23(29)11-12-24(30)26-13-4-14-27(16-15-26)25(31)21-5-3-6-22(17-21)32-19(2)28/h3,5-10,17H,4,11-16H2,1-2H3. The number of amides is 2. The third kappa shape index (κ3) is 6.26. The van der Waals surface area contributed by atoms with Crippen molar-refractivity contribution in [3.05, 3.63) is 65.2 Å². The summed E-state index contributed by atoms with van der Waals surface area (Å²) < 4.78 is 5.06. The lowest BCUT2D eigenvalue weighted by Gasteiger charge is -2.22. The molecule has 2 aromatic carbocycles. The summed E-state index contributed by atoms with van der Waals surface area (Å²) in [6, 6.07) is 13.9. The number of benzene rings is 2. The number of hydrogen-bond donors (Lipinski definition) is 0. The second-order valence-electron chi connectivity index (χ2n) is 7.94. The van der Waals surface area contributed by atoms with Gasteiger partial charge >= 0.3 is 5.97 Å². The Labute approximate surface area is 188 Å². The van der Waals surface area contributed by atoms with Crippen molar-refractivity contribution in [2.24, 2.45) is 0 Å². The van der Waals surface area contributed by atoms with Crippen LogP contribution in [0.5, 0.6) is 5.75 Å². The largest absolute Gasteiger partial charge is 0.427 e. The van der Waals surface area contributed by atoms with Gasteiger partial charge < -0.3 is 14.5 Å². The number of nitrogens with zero attached hydrogens (tertiary/aromatic N) is 2. The first-order valence-corrected chi connectivity index (χ1v) is 10.8. The molecule has 0 atom stereocenters. The summed E-state index contributed by atoms with van der Waals surface area (Å²) in [5, 5.41) is 0. The van der Waals surface area contributed by atoms with Gasteiger partial charge in [0.05, 0.1) is 0 Å². The number of carbonyl (C=O) groups excluding carboxylic acids is 4. The van der Waals surface area contributed by atoms with E-state index in [0.717, 1.165) is 5.56 Å². The highest BCUT2D eigenvalue weighted by molar-refractivity contribution is 5.98. The van der Waals surface area contributed by atoms with Crippen LogP contribution in [0.15, 0.2) is 48.5 Å². The molecule has 1 fully saturated rings. The highest BCUT2D eigenvalue weighted by atomic mass is 16.5. The second-order valence-corrected chi connectivity index (χ2v) is 7.94. The molecule has 0 aromatic heterocycles. The van der Waals surface area contributed by atoms with Crippen LogP contribution >= 0.6 is 0 Å². The van der Waals surface area contributed by atoms with E-state index in [9.17, 15) is 19.2 Å². The molecular weight excluding hydrogens is 408 g/mol. The van der Waals surface area contributed by atoms with Gasteiger partial charge in [-0.1, -0.05) is 35.9 Å². The summed E-state index contributed by atoms with van der Waals surface area (Å²) in [6.45, 7) is 5.18. The van der Waals surface area contributed by atoms with E-state index in [1.807, 2.05) is 19.1 Å². The quantitative estimate of drug-likeness (QED) is 0.394. The Kier molecular flexibility index (Phi) is 7.76. The predicted molar refractivity (Wildman–Crippen MR) is 120 cm³/mol. The SMILES string of the molecule is CC(=O)Oc1cccc(C(=O)N2CCCN(C(=O)CCC(=O)c3ccc(C)cc3)CC2)c1. The summed E-state index contributed by atoms with van der Waals surface area (Å²) in [7, 11) is 0. The average Bonchev–Trinajstić information content (AvgIpc) is 3.03. The van der Waals surface area contributed by atoms with Gasteiger partial charge in [0, 0.05) is 57.1 Å². The Morgan fingerprint density at radius 1 is 0.844 bits per heavy atom. The molecule has 0 unspecified atom stereocenters. The maximum Gasteiger partial charge on any atom is 0.308 e. The Hall–Kier alpha value is -3.48. The van der Waals surface area contributed by atoms with Gasteiger partial charge in [-0.3, -0.25) is 19.2 Å². The third-order valence-electron chi connectivity index (χ3n) is 5.42. The predicted octanol–water partition coefficient (Wildman–Crippen LogP) is 3.26. The lowest BCUT2D eigenvalue weighted by molar-refractivity contribution is -0.132. The van der Waals surface area contributed by atoms with Gasteiger partial charge in [0.2, 0.25) is 5.91 Å². The van der Waals surface area contributed by atoms with E-state index in [1.54, 1.807) is 46.2 Å². The molecule has 0 radical (unpaired) electrons. The maximum atomic E-state index is 12.9. The minimum absolute atomic E-state index is 0.0439. The van der Waals surface area contributed by atoms with Crippen molar-refractivity contribution in [1.29, 1.82) is 0 Å². The van der Waals surface area contributed by atoms with Gasteiger partial charge in [0.1, 0.15) is 5.75 Å². The highest BCUT2D eigenvalue weighted by Crippen LogP contribution is 2.17. The summed E-state index contributed by atoms with van der Waals surface area (Å²) in [4.78, 5) is 52.5. The van der Waals surface area contributed by atoms with Crippen LogP contribution in [0.2, 0.25) is 0 Å². The molecule has 0 N–H and O–H groups in total. The maximum absolute atomic E-state index is 12.9. The minimum atomic E-state index is -0.445. The van der Waals surface area contributed by atoms with E-state index in [4.69, 9.17) is 4.74 Å². The minimum Gasteiger partial charge on any atom is -0.427 e. The highest BCUT2D eigenvalue weighted by Gasteiger charge is 2.23. The Morgan fingerprint density at radius 2 is 1.53 bits per heavy atom. The molecule has 0 spiro atoms. The fourth-order valence-corrected chi connectivity index (χ4v) is 3.67. The molecule has 168 valence electrons. The Bertz CT molecular complexity index is 1000. The molecule has 1 saturated heterocycles. The molecule has 32 heavy (non-hydrogen) atoms. The van der Waals surface area contributed by atoms with Crippen LogP contribution in [0.4, 0.5) is 0 Å². The number of esters is 1. The van der Waals surface area contributed by atoms with Gasteiger partial charge in [0.25, 0.3) is 5.91 Å². The molecule has 7 heteroatoms. The van der Waals surface area contributed by atoms with Crippen molar-refractivity contribution in [2.75, 3.05) is 26.2 Å². The van der Waals surface area contributed by atoms with E-state index < -0.39 is 5.97 Å². The molecule has 0 aliphatic carbocycles. The summed E-state index contributed by atoms with van der Waals surface area (Å²) in [6.07, 6.45) is 0.988. The zero-order chi connectivity index (χ0) is 23.1. The fraction of sp³-hybridized carbons (Fsp3) is 0.360. The van der Waals surface area contributed by atoms with Gasteiger partial charge in [-0.15, -0.1) is 0 Å². The molecule has 0 saturated carbocycles. The number of hydrogen-bond acceptors (Lipinski definition) is 5. The van der Waals surface area contributed by atoms with E-state index >= 15 is 0 Å². The van der Waals surface area contributed by atoms with Crippen molar-refractivity contribution in [2.45, 2.75) is 33.1 Å². The number of carbonyl (C=O) groups is 4. The zero-order valence-corrected chi connectivity index (χ0v) is 18.5. The molecule has 0 bridgehead atoms. The zero-order valence-electron chi connectivity index (χ0n) is 18.5. The van der Waals surface area contributed by atoms with Gasteiger partial charge in [-0.2, -0.15) is 0 Å². The first-order valence-electron chi connectivity index (χ1n) is 10.8. The van der Waals surface area contributed by atoms with Crippen LogP contribution < -0.4 is 4.74 Å². The first-order chi connectivity index (χ1) is 15.3. The summed E-state index contributed by atoms with van der Waals surface area (Å²) in [5.74, 6) is -0.398. The summed E-state index contributed by atoms with van der Waals surface area (Å²) >= 11 is 0. The first kappa shape index (κ1) is 23.2. The average molecular weight is 437 g/mol. The van der Waals surface area contributed by atoms with E-state index in [-0.39, 0.29) is 30.4 Å². The Balaban J connectivity index is 1.53. The third-order valence-corrected chi connectivity index (χ3v) is 5.42. The molecule has 1 aliphatic heterocycles. The lowest BCUT2D eigenvalue weighted by Crippen LogP contribution is -2.37. The number of aryl methyl sites for hydroxylation is 1. The van der Waals surface area contributed by atoms with E-state index in [2.05, 4.69) is 0 Å².